The number of nitrogens with one attached hydrogen (secondary N) is 1. The van der Waals surface area contributed by atoms with Crippen molar-refractivity contribution in [2.45, 2.75) is 50.6 Å². The van der Waals surface area contributed by atoms with Gasteiger partial charge in [0.25, 0.3) is 0 Å². The third kappa shape index (κ3) is 2.83. The molecule has 2 saturated heterocycles. The summed E-state index contributed by atoms with van der Waals surface area (Å²) in [5.41, 5.74) is -0.0707. The Labute approximate surface area is 105 Å². The van der Waals surface area contributed by atoms with Crippen molar-refractivity contribution in [2.24, 2.45) is 0 Å². The number of amides is 1. The van der Waals surface area contributed by atoms with Gasteiger partial charge in [-0.15, -0.1) is 0 Å². The molecule has 1 atom stereocenters. The van der Waals surface area contributed by atoms with Gasteiger partial charge in [-0.2, -0.15) is 0 Å². The van der Waals surface area contributed by atoms with E-state index >= 15 is 0 Å². The van der Waals surface area contributed by atoms with Gasteiger partial charge in [-0.1, -0.05) is 6.92 Å². The highest BCUT2D eigenvalue weighted by Gasteiger charge is 2.36. The van der Waals surface area contributed by atoms with Crippen molar-refractivity contribution >= 4 is 13.9 Å². The number of hydrogen-bond acceptors (Lipinski definition) is 3. The Kier molecular flexibility index (Phi) is 4.10. The topological polar surface area (TPSA) is 41.6 Å². The lowest BCUT2D eigenvalue weighted by molar-refractivity contribution is -0.127. The zero-order valence-corrected chi connectivity index (χ0v) is 10.6. The molecule has 0 aromatic rings. The molecule has 1 N–H and O–H groups in total. The molecule has 0 saturated carbocycles. The molecule has 1 amide bonds. The molecule has 0 aromatic heterocycles. The normalized spacial score (nSPS) is 29.1. The second-order valence-corrected chi connectivity index (χ2v) is 5.13. The van der Waals surface area contributed by atoms with E-state index in [0.29, 0.717) is 0 Å². The highest BCUT2D eigenvalue weighted by Crippen LogP contribution is 2.25. The Morgan fingerprint density at radius 2 is 2.24 bits per heavy atom. The summed E-state index contributed by atoms with van der Waals surface area (Å²) < 4.78 is 5.37. The van der Waals surface area contributed by atoms with Gasteiger partial charge in [0.2, 0.25) is 5.91 Å². The number of hydrogen-bond donors (Lipinski definition) is 1. The van der Waals surface area contributed by atoms with Gasteiger partial charge in [0.05, 0.1) is 6.04 Å². The number of carbonyl (C=O) groups is 1. The average Bonchev–Trinajstić information content (AvgIpc) is 2.77. The van der Waals surface area contributed by atoms with E-state index in [0.717, 1.165) is 51.9 Å². The molecular formula is C12H21BN2O2. The third-order valence-corrected chi connectivity index (χ3v) is 4.11. The largest absolute Gasteiger partial charge is 0.381 e. The first-order valence-corrected chi connectivity index (χ1v) is 6.58. The second kappa shape index (κ2) is 5.40. The lowest BCUT2D eigenvalue weighted by atomic mass is 9.87. The number of rotatable bonds is 3. The van der Waals surface area contributed by atoms with Crippen molar-refractivity contribution in [1.82, 2.24) is 10.1 Å². The van der Waals surface area contributed by atoms with E-state index in [1.54, 1.807) is 4.81 Å². The van der Waals surface area contributed by atoms with Crippen molar-refractivity contribution in [3.63, 3.8) is 0 Å². The molecule has 0 aliphatic carbocycles. The van der Waals surface area contributed by atoms with E-state index in [2.05, 4.69) is 12.2 Å². The molecule has 2 radical (unpaired) electrons. The molecule has 94 valence electrons. The van der Waals surface area contributed by atoms with E-state index in [1.807, 2.05) is 0 Å². The summed E-state index contributed by atoms with van der Waals surface area (Å²) in [5, 5.41) is 3.21. The summed E-state index contributed by atoms with van der Waals surface area (Å²) >= 11 is 0. The molecule has 1 unspecified atom stereocenters. The van der Waals surface area contributed by atoms with E-state index in [-0.39, 0.29) is 17.5 Å². The van der Waals surface area contributed by atoms with Crippen molar-refractivity contribution < 1.29 is 9.53 Å². The lowest BCUT2D eigenvalue weighted by Crippen LogP contribution is -2.55. The Morgan fingerprint density at radius 3 is 2.76 bits per heavy atom. The molecule has 4 nitrogen and oxygen atoms in total. The van der Waals surface area contributed by atoms with E-state index in [1.165, 1.54) is 0 Å². The van der Waals surface area contributed by atoms with Crippen LogP contribution < -0.4 is 5.32 Å². The second-order valence-electron chi connectivity index (χ2n) is 5.13. The minimum absolute atomic E-state index is 0.0707. The molecule has 0 bridgehead atoms. The number of nitrogens with zero attached hydrogens (tertiary/aromatic N) is 1. The molecule has 0 aromatic carbocycles. The molecule has 2 fully saturated rings. The van der Waals surface area contributed by atoms with Crippen LogP contribution in [0.4, 0.5) is 0 Å². The van der Waals surface area contributed by atoms with Gasteiger partial charge in [-0.25, -0.2) is 0 Å². The fraction of sp³-hybridized carbons (Fsp3) is 0.917. The van der Waals surface area contributed by atoms with Gasteiger partial charge < -0.3 is 14.9 Å². The quantitative estimate of drug-likeness (QED) is 0.730. The van der Waals surface area contributed by atoms with Crippen LogP contribution in [0.15, 0.2) is 0 Å². The van der Waals surface area contributed by atoms with Crippen LogP contribution in [0.5, 0.6) is 0 Å². The first kappa shape index (κ1) is 12.9. The Bertz CT molecular complexity index is 280. The van der Waals surface area contributed by atoms with Crippen LogP contribution in [0.1, 0.15) is 39.0 Å². The highest BCUT2D eigenvalue weighted by atomic mass is 16.5. The summed E-state index contributed by atoms with van der Waals surface area (Å²) in [7, 11) is 5.82. The van der Waals surface area contributed by atoms with Crippen molar-refractivity contribution in [1.29, 1.82) is 0 Å². The summed E-state index contributed by atoms with van der Waals surface area (Å²) in [6, 6.07) is -0.138. The predicted molar refractivity (Wildman–Crippen MR) is 66.7 cm³/mol. The van der Waals surface area contributed by atoms with E-state index < -0.39 is 0 Å². The number of carbonyl (C=O) groups excluding carboxylic acids is 1. The molecule has 5 heteroatoms. The first-order valence-electron chi connectivity index (χ1n) is 6.58. The van der Waals surface area contributed by atoms with Crippen molar-refractivity contribution in [3.8, 4) is 0 Å². The molecule has 2 rings (SSSR count). The van der Waals surface area contributed by atoms with Gasteiger partial charge >= 0.3 is 0 Å². The first-order chi connectivity index (χ1) is 8.17. The fourth-order valence-corrected chi connectivity index (χ4v) is 2.74. The van der Waals surface area contributed by atoms with Gasteiger partial charge in [0.1, 0.15) is 0 Å². The number of ether oxygens (including phenoxy) is 1. The van der Waals surface area contributed by atoms with E-state index in [9.17, 15) is 4.79 Å². The summed E-state index contributed by atoms with van der Waals surface area (Å²) in [6.07, 6.45) is 4.66. The van der Waals surface area contributed by atoms with Crippen LogP contribution in [0, 0.1) is 0 Å². The minimum Gasteiger partial charge on any atom is -0.381 e. The molecular weight excluding hydrogens is 215 g/mol. The molecule has 2 aliphatic rings. The summed E-state index contributed by atoms with van der Waals surface area (Å²) in [4.78, 5) is 13.9. The lowest BCUT2D eigenvalue weighted by Gasteiger charge is -2.38. The van der Waals surface area contributed by atoms with Crippen LogP contribution in [-0.2, 0) is 9.53 Å². The smallest absolute Gasteiger partial charge is 0.236 e. The standard InChI is InChI=1S/C12H21BN2O2/c1-2-12(5-8-17-9-6-12)14-11(16)10-4-3-7-15(10)13/h10H,2-9H2,1H3,(H,14,16). The maximum atomic E-state index is 12.2. The van der Waals surface area contributed by atoms with Gasteiger partial charge in [0, 0.05) is 18.8 Å². The average molecular weight is 236 g/mol. The van der Waals surface area contributed by atoms with Crippen LogP contribution in [-0.4, -0.2) is 50.0 Å². The van der Waals surface area contributed by atoms with E-state index in [4.69, 9.17) is 12.7 Å². The van der Waals surface area contributed by atoms with Gasteiger partial charge in [-0.05, 0) is 38.6 Å². The predicted octanol–water partition coefficient (Wildman–Crippen LogP) is 0.610. The monoisotopic (exact) mass is 236 g/mol. The zero-order chi connectivity index (χ0) is 12.3. The molecule has 2 aliphatic heterocycles. The van der Waals surface area contributed by atoms with Crippen LogP contribution in [0.3, 0.4) is 0 Å². The molecule has 17 heavy (non-hydrogen) atoms. The maximum absolute atomic E-state index is 12.2. The maximum Gasteiger partial charge on any atom is 0.236 e. The van der Waals surface area contributed by atoms with Gasteiger partial charge in [0.15, 0.2) is 7.98 Å². The zero-order valence-electron chi connectivity index (χ0n) is 10.6. The Morgan fingerprint density at radius 1 is 1.53 bits per heavy atom. The fourth-order valence-electron chi connectivity index (χ4n) is 2.74. The highest BCUT2D eigenvalue weighted by molar-refractivity contribution is 6.07. The van der Waals surface area contributed by atoms with Crippen LogP contribution >= 0.6 is 0 Å². The Hall–Kier alpha value is -0.545. The SMILES string of the molecule is [B]N1CCCC1C(=O)NC1(CC)CCOCC1. The van der Waals surface area contributed by atoms with Gasteiger partial charge in [-0.3, -0.25) is 4.79 Å². The summed E-state index contributed by atoms with van der Waals surface area (Å²) in [5.74, 6) is 0.0914. The summed E-state index contributed by atoms with van der Waals surface area (Å²) in [6.45, 7) is 4.43. The van der Waals surface area contributed by atoms with Crippen molar-refractivity contribution in [3.05, 3.63) is 0 Å². The van der Waals surface area contributed by atoms with Crippen LogP contribution in [0.2, 0.25) is 0 Å². The Balaban J connectivity index is 1.95. The third-order valence-electron chi connectivity index (χ3n) is 4.11. The van der Waals surface area contributed by atoms with Crippen LogP contribution in [0.25, 0.3) is 0 Å². The minimum atomic E-state index is -0.138. The molecule has 0 spiro atoms. The molecule has 2 heterocycles. The van der Waals surface area contributed by atoms with Crippen molar-refractivity contribution in [2.75, 3.05) is 19.8 Å².